The summed E-state index contributed by atoms with van der Waals surface area (Å²) in [6, 6.07) is -0.171. The molecule has 1 aliphatic heterocycles. The second kappa shape index (κ2) is 6.98. The van der Waals surface area contributed by atoms with Crippen LogP contribution in [-0.2, 0) is 9.53 Å². The Kier molecular flexibility index (Phi) is 4.68. The number of nitrogens with one attached hydrogen (secondary N) is 2. The molecule has 0 bridgehead atoms. The van der Waals surface area contributed by atoms with Gasteiger partial charge in [0.25, 0.3) is 11.8 Å². The van der Waals surface area contributed by atoms with Gasteiger partial charge in [0.15, 0.2) is 4.96 Å². The number of carbonyl (C=O) groups excluding carboxylic acids is 2. The van der Waals surface area contributed by atoms with E-state index in [-0.39, 0.29) is 17.9 Å². The van der Waals surface area contributed by atoms with Gasteiger partial charge in [0.2, 0.25) is 0 Å². The van der Waals surface area contributed by atoms with Crippen molar-refractivity contribution in [3.63, 3.8) is 0 Å². The number of hydrogen-bond donors (Lipinski definition) is 3. The summed E-state index contributed by atoms with van der Waals surface area (Å²) in [5, 5.41) is 18.1. The summed E-state index contributed by atoms with van der Waals surface area (Å²) in [5.41, 5.74) is -0.836. The van der Waals surface area contributed by atoms with Crippen LogP contribution in [0.15, 0.2) is 17.8 Å². The third-order valence-corrected chi connectivity index (χ3v) is 5.96. The van der Waals surface area contributed by atoms with Crippen LogP contribution in [0.4, 0.5) is 0 Å². The van der Waals surface area contributed by atoms with Gasteiger partial charge in [-0.1, -0.05) is 0 Å². The summed E-state index contributed by atoms with van der Waals surface area (Å²) in [6.45, 7) is 1.11. The molecule has 1 unspecified atom stereocenters. The van der Waals surface area contributed by atoms with Crippen molar-refractivity contribution in [3.05, 3.63) is 23.5 Å². The normalized spacial score (nSPS) is 20.7. The van der Waals surface area contributed by atoms with Crippen molar-refractivity contribution in [2.75, 3.05) is 19.8 Å². The second-order valence-electron chi connectivity index (χ2n) is 6.97. The zero-order chi connectivity index (χ0) is 18.1. The lowest BCUT2D eigenvalue weighted by molar-refractivity contribution is -0.150. The van der Waals surface area contributed by atoms with Crippen LogP contribution in [0.3, 0.4) is 0 Å². The minimum Gasteiger partial charge on any atom is -0.381 e. The highest BCUT2D eigenvalue weighted by atomic mass is 32.1. The number of aliphatic hydroxyl groups is 1. The molecule has 0 spiro atoms. The van der Waals surface area contributed by atoms with E-state index in [1.807, 2.05) is 0 Å². The first kappa shape index (κ1) is 17.4. The number of fused-ring (bicyclic) bond motifs is 1. The van der Waals surface area contributed by atoms with Gasteiger partial charge in [-0.3, -0.25) is 14.0 Å². The van der Waals surface area contributed by atoms with Gasteiger partial charge in [-0.2, -0.15) is 0 Å². The Morgan fingerprint density at radius 2 is 2.19 bits per heavy atom. The summed E-state index contributed by atoms with van der Waals surface area (Å²) in [7, 11) is 0. The van der Waals surface area contributed by atoms with Crippen LogP contribution in [0, 0.1) is 5.92 Å². The molecule has 140 valence electrons. The molecule has 26 heavy (non-hydrogen) atoms. The summed E-state index contributed by atoms with van der Waals surface area (Å²) >= 11 is 1.41. The van der Waals surface area contributed by atoms with Crippen LogP contribution >= 0.6 is 11.3 Å². The van der Waals surface area contributed by atoms with Gasteiger partial charge in [0, 0.05) is 56.4 Å². The number of amides is 2. The molecule has 4 rings (SSSR count). The highest BCUT2D eigenvalue weighted by Gasteiger charge is 2.41. The highest BCUT2D eigenvalue weighted by molar-refractivity contribution is 7.15. The fourth-order valence-electron chi connectivity index (χ4n) is 3.25. The van der Waals surface area contributed by atoms with Crippen molar-refractivity contribution in [1.82, 2.24) is 20.0 Å². The fraction of sp³-hybridized carbons (Fsp3) is 0.588. The summed E-state index contributed by atoms with van der Waals surface area (Å²) in [5.74, 6) is -0.211. The molecular formula is C17H22N4O4S. The van der Waals surface area contributed by atoms with E-state index in [9.17, 15) is 14.7 Å². The molecule has 2 aromatic heterocycles. The van der Waals surface area contributed by atoms with Crippen molar-refractivity contribution >= 4 is 28.1 Å². The van der Waals surface area contributed by atoms with Gasteiger partial charge in [0.1, 0.15) is 11.3 Å². The van der Waals surface area contributed by atoms with Crippen molar-refractivity contribution in [2.45, 2.75) is 37.3 Å². The summed E-state index contributed by atoms with van der Waals surface area (Å²) < 4.78 is 6.97. The maximum absolute atomic E-state index is 12.5. The predicted molar refractivity (Wildman–Crippen MR) is 95.1 cm³/mol. The first-order valence-electron chi connectivity index (χ1n) is 8.87. The zero-order valence-electron chi connectivity index (χ0n) is 14.3. The first-order chi connectivity index (χ1) is 12.6. The SMILES string of the molecule is O=C(NCC(NC(=O)C1(O)CCOCC1)C1CC1)c1csc2nccn12. The van der Waals surface area contributed by atoms with Crippen molar-refractivity contribution in [3.8, 4) is 0 Å². The number of nitrogens with zero attached hydrogens (tertiary/aromatic N) is 2. The number of rotatable bonds is 6. The molecule has 2 aromatic rings. The molecule has 8 nitrogen and oxygen atoms in total. The van der Waals surface area contributed by atoms with Crippen LogP contribution in [0.5, 0.6) is 0 Å². The molecule has 0 aromatic carbocycles. The Bertz CT molecular complexity index is 807. The molecule has 1 aliphatic carbocycles. The Morgan fingerprint density at radius 1 is 1.42 bits per heavy atom. The van der Waals surface area contributed by atoms with Gasteiger partial charge < -0.3 is 20.5 Å². The minimum atomic E-state index is -1.37. The van der Waals surface area contributed by atoms with Crippen LogP contribution in [0.25, 0.3) is 4.96 Å². The smallest absolute Gasteiger partial charge is 0.269 e. The van der Waals surface area contributed by atoms with Gasteiger partial charge in [-0.05, 0) is 18.8 Å². The average Bonchev–Trinajstić information content (AvgIpc) is 3.23. The number of carbonyl (C=O) groups is 2. The molecule has 2 aliphatic rings. The van der Waals surface area contributed by atoms with Crippen LogP contribution in [0.1, 0.15) is 36.2 Å². The van der Waals surface area contributed by atoms with Gasteiger partial charge in [-0.25, -0.2) is 4.98 Å². The Morgan fingerprint density at radius 3 is 2.92 bits per heavy atom. The van der Waals surface area contributed by atoms with Crippen LogP contribution in [-0.4, -0.2) is 57.7 Å². The Hall–Kier alpha value is -1.97. The molecule has 1 atom stereocenters. The van der Waals surface area contributed by atoms with Gasteiger partial charge >= 0.3 is 0 Å². The third-order valence-electron chi connectivity index (χ3n) is 5.11. The summed E-state index contributed by atoms with van der Waals surface area (Å²) in [4.78, 5) is 29.9. The van der Waals surface area contributed by atoms with E-state index in [4.69, 9.17) is 4.74 Å². The quantitative estimate of drug-likeness (QED) is 0.681. The van der Waals surface area contributed by atoms with E-state index in [1.165, 1.54) is 11.3 Å². The van der Waals surface area contributed by atoms with Crippen molar-refractivity contribution in [1.29, 1.82) is 0 Å². The molecule has 9 heteroatoms. The van der Waals surface area contributed by atoms with Crippen LogP contribution < -0.4 is 10.6 Å². The van der Waals surface area contributed by atoms with Gasteiger partial charge in [-0.15, -0.1) is 11.3 Å². The lowest BCUT2D eigenvalue weighted by Gasteiger charge is -2.32. The van der Waals surface area contributed by atoms with E-state index in [0.29, 0.717) is 44.2 Å². The van der Waals surface area contributed by atoms with E-state index in [0.717, 1.165) is 17.8 Å². The molecular weight excluding hydrogens is 356 g/mol. The zero-order valence-corrected chi connectivity index (χ0v) is 15.1. The molecule has 0 radical (unpaired) electrons. The van der Waals surface area contributed by atoms with Crippen LogP contribution in [0.2, 0.25) is 0 Å². The molecule has 2 amide bonds. The van der Waals surface area contributed by atoms with Crippen molar-refractivity contribution in [2.24, 2.45) is 5.92 Å². The number of ether oxygens (including phenoxy) is 1. The highest BCUT2D eigenvalue weighted by Crippen LogP contribution is 2.33. The average molecular weight is 378 g/mol. The standard InChI is InChI=1S/C17H22N4O4S/c22-14(13-10-26-16-18-5-6-21(13)16)19-9-12(11-1-2-11)20-15(23)17(24)3-7-25-8-4-17/h5-6,10-12,24H,1-4,7-9H2,(H,19,22)(H,20,23). The number of aromatic nitrogens is 2. The topological polar surface area (TPSA) is 105 Å². The Labute approximate surface area is 154 Å². The van der Waals surface area contributed by atoms with Gasteiger partial charge in [0.05, 0.1) is 0 Å². The van der Waals surface area contributed by atoms with E-state index >= 15 is 0 Å². The second-order valence-corrected chi connectivity index (χ2v) is 7.81. The molecule has 2 fully saturated rings. The minimum absolute atomic E-state index is 0.171. The van der Waals surface area contributed by atoms with E-state index in [2.05, 4.69) is 15.6 Å². The number of hydrogen-bond acceptors (Lipinski definition) is 6. The summed E-state index contributed by atoms with van der Waals surface area (Å²) in [6.07, 6.45) is 6.05. The molecule has 3 N–H and O–H groups in total. The lowest BCUT2D eigenvalue weighted by Crippen LogP contribution is -2.55. The predicted octanol–water partition coefficient (Wildman–Crippen LogP) is 0.562. The number of thiazole rings is 1. The first-order valence-corrected chi connectivity index (χ1v) is 9.75. The molecule has 3 heterocycles. The van der Waals surface area contributed by atoms with Crippen molar-refractivity contribution < 1.29 is 19.4 Å². The maximum Gasteiger partial charge on any atom is 0.269 e. The Balaban J connectivity index is 1.37. The third kappa shape index (κ3) is 3.46. The fourth-order valence-corrected chi connectivity index (χ4v) is 4.09. The maximum atomic E-state index is 12.5. The largest absolute Gasteiger partial charge is 0.381 e. The molecule has 1 saturated carbocycles. The monoisotopic (exact) mass is 378 g/mol. The van der Waals surface area contributed by atoms with E-state index < -0.39 is 5.60 Å². The molecule has 1 saturated heterocycles. The lowest BCUT2D eigenvalue weighted by atomic mass is 9.93. The van der Waals surface area contributed by atoms with E-state index in [1.54, 1.807) is 22.2 Å². The number of imidazole rings is 1.